The molecule has 0 fully saturated rings. The van der Waals surface area contributed by atoms with Gasteiger partial charge in [-0.3, -0.25) is 5.43 Å². The minimum atomic E-state index is -1.18. The van der Waals surface area contributed by atoms with Gasteiger partial charge in [0.1, 0.15) is 24.8 Å². The lowest BCUT2D eigenvalue weighted by Crippen LogP contribution is -2.45. The van der Waals surface area contributed by atoms with Crippen molar-refractivity contribution in [2.24, 2.45) is 5.10 Å². The fraction of sp³-hybridized carbons (Fsp3) is 0.258. The van der Waals surface area contributed by atoms with Crippen LogP contribution in [0.15, 0.2) is 83.1 Å². The summed E-state index contributed by atoms with van der Waals surface area (Å²) in [7, 11) is 1.27. The molecule has 1 heterocycles. The second-order valence-electron chi connectivity index (χ2n) is 9.33. The molecule has 4 rings (SSSR count). The van der Waals surface area contributed by atoms with Gasteiger partial charge in [-0.2, -0.15) is 5.10 Å². The third kappa shape index (κ3) is 8.01. The number of aliphatic hydroxyl groups is 1. The summed E-state index contributed by atoms with van der Waals surface area (Å²) < 4.78 is 36.1. The van der Waals surface area contributed by atoms with E-state index in [1.54, 1.807) is 74.5 Å². The average molecular weight is 593 g/mol. The summed E-state index contributed by atoms with van der Waals surface area (Å²) in [6.45, 7) is 3.61. The molecular formula is C31H33FN4O7. The number of esters is 1. The van der Waals surface area contributed by atoms with E-state index in [0.29, 0.717) is 46.2 Å². The number of amides is 2. The number of nitrogens with one attached hydrogen (secondary N) is 3. The molecule has 0 radical (unpaired) electrons. The number of urea groups is 1. The van der Waals surface area contributed by atoms with Gasteiger partial charge < -0.3 is 34.7 Å². The second kappa shape index (κ2) is 14.7. The number of methoxy groups -OCH3 is 1. The Morgan fingerprint density at radius 1 is 1.07 bits per heavy atom. The van der Waals surface area contributed by atoms with Crippen molar-refractivity contribution in [2.45, 2.75) is 32.7 Å². The summed E-state index contributed by atoms with van der Waals surface area (Å²) in [4.78, 5) is 24.6. The molecule has 2 amide bonds. The van der Waals surface area contributed by atoms with Crippen molar-refractivity contribution in [1.82, 2.24) is 16.1 Å². The van der Waals surface area contributed by atoms with Crippen LogP contribution >= 0.6 is 0 Å². The maximum absolute atomic E-state index is 13.9. The summed E-state index contributed by atoms with van der Waals surface area (Å²) in [5.41, 5.74) is 4.85. The molecule has 0 saturated heterocycles. The summed E-state index contributed by atoms with van der Waals surface area (Å²) in [6.07, 6.45) is 0.291. The molecule has 0 saturated carbocycles. The molecule has 226 valence electrons. The van der Waals surface area contributed by atoms with Gasteiger partial charge in [-0.25, -0.2) is 14.0 Å². The zero-order valence-corrected chi connectivity index (χ0v) is 23.9. The maximum Gasteiger partial charge on any atom is 0.337 e. The summed E-state index contributed by atoms with van der Waals surface area (Å²) in [5.74, 6) is 0.252. The molecular weight excluding hydrogens is 559 g/mol. The first-order valence-corrected chi connectivity index (χ1v) is 13.5. The van der Waals surface area contributed by atoms with E-state index in [2.05, 4.69) is 21.2 Å². The second-order valence-corrected chi connectivity index (χ2v) is 9.33. The van der Waals surface area contributed by atoms with Gasteiger partial charge in [-0.15, -0.1) is 0 Å². The van der Waals surface area contributed by atoms with Crippen molar-refractivity contribution >= 4 is 18.2 Å². The molecule has 0 aromatic heterocycles. The van der Waals surface area contributed by atoms with E-state index in [9.17, 15) is 19.1 Å². The number of carbonyl (C=O) groups is 2. The zero-order valence-electron chi connectivity index (χ0n) is 23.9. The van der Waals surface area contributed by atoms with Crippen LogP contribution in [0.1, 0.15) is 36.6 Å². The average Bonchev–Trinajstić information content (AvgIpc) is 3.00. The molecule has 2 atom stereocenters. The molecule has 4 N–H and O–H groups in total. The number of allylic oxidation sites excluding steroid dienone is 1. The lowest BCUT2D eigenvalue weighted by molar-refractivity contribution is -0.136. The molecule has 0 bridgehead atoms. The molecule has 0 aliphatic carbocycles. The van der Waals surface area contributed by atoms with E-state index in [1.165, 1.54) is 19.4 Å². The Morgan fingerprint density at radius 3 is 2.60 bits per heavy atom. The number of rotatable bonds is 13. The number of carbonyl (C=O) groups excluding carboxylic acids is 2. The van der Waals surface area contributed by atoms with E-state index in [4.69, 9.17) is 18.9 Å². The van der Waals surface area contributed by atoms with E-state index < -0.39 is 24.3 Å². The van der Waals surface area contributed by atoms with E-state index >= 15 is 0 Å². The van der Waals surface area contributed by atoms with Gasteiger partial charge >= 0.3 is 12.0 Å². The van der Waals surface area contributed by atoms with E-state index in [0.717, 1.165) is 0 Å². The van der Waals surface area contributed by atoms with Crippen LogP contribution in [0.2, 0.25) is 0 Å². The molecule has 0 spiro atoms. The highest BCUT2D eigenvalue weighted by molar-refractivity contribution is 5.95. The number of benzene rings is 3. The Morgan fingerprint density at radius 2 is 1.84 bits per heavy atom. The quantitative estimate of drug-likeness (QED) is 0.101. The lowest BCUT2D eigenvalue weighted by Gasteiger charge is -2.28. The predicted octanol–water partition coefficient (Wildman–Crippen LogP) is 3.93. The van der Waals surface area contributed by atoms with Crippen molar-refractivity contribution in [3.05, 3.63) is 101 Å². The highest BCUT2D eigenvalue weighted by Gasteiger charge is 2.32. The van der Waals surface area contributed by atoms with Crippen LogP contribution in [-0.2, 0) is 16.1 Å². The first-order valence-electron chi connectivity index (χ1n) is 13.5. The monoisotopic (exact) mass is 592 g/mol. The molecule has 0 unspecified atom stereocenters. The number of nitrogens with zero attached hydrogens (tertiary/aromatic N) is 1. The first kappa shape index (κ1) is 30.8. The molecule has 1 aliphatic rings. The van der Waals surface area contributed by atoms with Gasteiger partial charge in [-0.05, 0) is 49.7 Å². The number of ether oxygens (including phenoxy) is 4. The number of hydrogen-bond acceptors (Lipinski definition) is 9. The van der Waals surface area contributed by atoms with E-state index in [-0.39, 0.29) is 24.6 Å². The maximum atomic E-state index is 13.9. The van der Waals surface area contributed by atoms with Gasteiger partial charge in [0.15, 0.2) is 17.7 Å². The number of hydrazone groups is 1. The first-order chi connectivity index (χ1) is 20.8. The van der Waals surface area contributed by atoms with Gasteiger partial charge in [0.05, 0.1) is 31.5 Å². The van der Waals surface area contributed by atoms with Crippen molar-refractivity contribution < 1.29 is 38.0 Å². The Hall–Kier alpha value is -5.10. The predicted molar refractivity (Wildman–Crippen MR) is 156 cm³/mol. The standard InChI is InChI=1S/C31H33FN4O7/c1-4-41-26-15-20(29-28(30(38)40-3)19(2)34-31(39)35-29)13-14-25(26)43-18-27(37)36-33-16-21-9-6-8-12-24(21)42-17-22-10-5-7-11-23(22)32/h5-16,27,29,36-37H,4,17-18H2,1-3H3,(H2,34,35,39)/b33-16-/t27-,29+/m1/s1. The largest absolute Gasteiger partial charge is 0.490 e. The highest BCUT2D eigenvalue weighted by Crippen LogP contribution is 2.35. The Bertz CT molecular complexity index is 1510. The Kier molecular flexibility index (Phi) is 10.5. The number of hydrogen-bond donors (Lipinski definition) is 4. The smallest absolute Gasteiger partial charge is 0.337 e. The fourth-order valence-electron chi connectivity index (χ4n) is 4.30. The zero-order chi connectivity index (χ0) is 30.8. The normalized spacial score (nSPS) is 15.4. The van der Waals surface area contributed by atoms with Crippen LogP contribution in [0.4, 0.5) is 9.18 Å². The van der Waals surface area contributed by atoms with Crippen LogP contribution in [-0.4, -0.2) is 49.9 Å². The molecule has 3 aromatic carbocycles. The van der Waals surface area contributed by atoms with Crippen molar-refractivity contribution in [1.29, 1.82) is 0 Å². The van der Waals surface area contributed by atoms with Gasteiger partial charge in [0.2, 0.25) is 0 Å². The Balaban J connectivity index is 1.39. The minimum absolute atomic E-state index is 0.0479. The third-order valence-electron chi connectivity index (χ3n) is 6.36. The molecule has 11 nitrogen and oxygen atoms in total. The topological polar surface area (TPSA) is 140 Å². The van der Waals surface area contributed by atoms with Crippen LogP contribution in [0.5, 0.6) is 17.2 Å². The highest BCUT2D eigenvalue weighted by atomic mass is 19.1. The van der Waals surface area contributed by atoms with Gasteiger partial charge in [0, 0.05) is 16.8 Å². The number of aliphatic hydroxyl groups excluding tert-OH is 1. The molecule has 43 heavy (non-hydrogen) atoms. The van der Waals surface area contributed by atoms with Crippen molar-refractivity contribution in [3.63, 3.8) is 0 Å². The van der Waals surface area contributed by atoms with Crippen LogP contribution < -0.4 is 30.3 Å². The molecule has 1 aliphatic heterocycles. The van der Waals surface area contributed by atoms with Crippen molar-refractivity contribution in [2.75, 3.05) is 20.3 Å². The third-order valence-corrected chi connectivity index (χ3v) is 6.36. The van der Waals surface area contributed by atoms with E-state index in [1.807, 2.05) is 0 Å². The molecule has 12 heteroatoms. The van der Waals surface area contributed by atoms with Crippen LogP contribution in [0.25, 0.3) is 0 Å². The Labute approximate surface area is 248 Å². The number of para-hydroxylation sites is 1. The minimum Gasteiger partial charge on any atom is -0.490 e. The van der Waals surface area contributed by atoms with Crippen LogP contribution in [0.3, 0.4) is 0 Å². The SMILES string of the molecule is CCOc1cc([C@@H]2NC(=O)NC(C)=C2C(=O)OC)ccc1OC[C@@H](O)N/N=C\c1ccccc1OCc1ccccc1F. The fourth-order valence-corrected chi connectivity index (χ4v) is 4.30. The summed E-state index contributed by atoms with van der Waals surface area (Å²) in [5, 5.41) is 19.8. The molecule has 3 aromatic rings. The number of halogens is 1. The van der Waals surface area contributed by atoms with Crippen LogP contribution in [0, 0.1) is 5.82 Å². The van der Waals surface area contributed by atoms with Gasteiger partial charge in [-0.1, -0.05) is 36.4 Å². The summed E-state index contributed by atoms with van der Waals surface area (Å²) in [6, 6.07) is 17.2. The summed E-state index contributed by atoms with van der Waals surface area (Å²) >= 11 is 0. The van der Waals surface area contributed by atoms with Crippen molar-refractivity contribution in [3.8, 4) is 17.2 Å². The lowest BCUT2D eigenvalue weighted by atomic mass is 9.95. The van der Waals surface area contributed by atoms with Gasteiger partial charge in [0.25, 0.3) is 0 Å².